The molecule has 2 aromatic rings. The Morgan fingerprint density at radius 1 is 1.26 bits per heavy atom. The molecule has 2 aliphatic rings. The molecular weight excluding hydrogens is 288 g/mol. The summed E-state index contributed by atoms with van der Waals surface area (Å²) in [6.45, 7) is 1.89. The standard InChI is InChI=1S/C19H18N2O2/c1-11-13(19(22)23)5-6-16-14-3-2-4-15(14)18(21-17(11)16)12-7-9-20-10-8-12/h2-3,5-10,14-15,18,21H,4H2,1H3,(H,22,23)/t14-,15-,18-/m1/s1. The Balaban J connectivity index is 1.85. The van der Waals surface area contributed by atoms with Crippen molar-refractivity contribution in [3.8, 4) is 0 Å². The molecule has 2 N–H and O–H groups in total. The molecule has 1 aromatic carbocycles. The quantitative estimate of drug-likeness (QED) is 0.826. The molecule has 1 aromatic heterocycles. The van der Waals surface area contributed by atoms with Gasteiger partial charge in [-0.25, -0.2) is 4.79 Å². The van der Waals surface area contributed by atoms with E-state index in [1.807, 2.05) is 37.5 Å². The van der Waals surface area contributed by atoms with Crippen LogP contribution in [0.4, 0.5) is 5.69 Å². The average Bonchev–Trinajstić information content (AvgIpc) is 3.05. The number of pyridine rings is 1. The van der Waals surface area contributed by atoms with Crippen molar-refractivity contribution in [2.45, 2.75) is 25.3 Å². The molecule has 0 saturated heterocycles. The molecule has 0 bridgehead atoms. The largest absolute Gasteiger partial charge is 0.478 e. The van der Waals surface area contributed by atoms with Crippen LogP contribution in [-0.4, -0.2) is 16.1 Å². The monoisotopic (exact) mass is 306 g/mol. The lowest BCUT2D eigenvalue weighted by Crippen LogP contribution is -2.30. The first kappa shape index (κ1) is 14.0. The van der Waals surface area contributed by atoms with Crippen molar-refractivity contribution in [1.82, 2.24) is 4.98 Å². The maximum atomic E-state index is 11.4. The van der Waals surface area contributed by atoms with Gasteiger partial charge in [0.15, 0.2) is 0 Å². The zero-order valence-electron chi connectivity index (χ0n) is 12.9. The molecule has 0 fully saturated rings. The van der Waals surface area contributed by atoms with E-state index in [0.29, 0.717) is 17.4 Å². The number of carboxylic acid groups (broad SMARTS) is 1. The number of nitrogens with one attached hydrogen (secondary N) is 1. The number of rotatable bonds is 2. The van der Waals surface area contributed by atoms with Gasteiger partial charge in [-0.3, -0.25) is 4.98 Å². The van der Waals surface area contributed by atoms with E-state index >= 15 is 0 Å². The number of fused-ring (bicyclic) bond motifs is 3. The summed E-state index contributed by atoms with van der Waals surface area (Å²) >= 11 is 0. The van der Waals surface area contributed by atoms with Crippen LogP contribution in [0.15, 0.2) is 48.8 Å². The Morgan fingerprint density at radius 3 is 2.78 bits per heavy atom. The maximum absolute atomic E-state index is 11.4. The SMILES string of the molecule is Cc1c(C(=O)O)ccc2c1N[C@H](c1ccncc1)[C@@H]1CC=C[C@@H]21. The highest BCUT2D eigenvalue weighted by Gasteiger charge is 2.38. The van der Waals surface area contributed by atoms with Crippen molar-refractivity contribution in [2.24, 2.45) is 5.92 Å². The van der Waals surface area contributed by atoms with Gasteiger partial charge in [0, 0.05) is 24.0 Å². The molecule has 4 nitrogen and oxygen atoms in total. The normalized spacial score (nSPS) is 24.7. The van der Waals surface area contributed by atoms with E-state index in [0.717, 1.165) is 17.7 Å². The molecule has 2 heterocycles. The lowest BCUT2D eigenvalue weighted by atomic mass is 9.76. The van der Waals surface area contributed by atoms with E-state index in [-0.39, 0.29) is 6.04 Å². The Morgan fingerprint density at radius 2 is 2.04 bits per heavy atom. The minimum Gasteiger partial charge on any atom is -0.478 e. The van der Waals surface area contributed by atoms with E-state index in [4.69, 9.17) is 0 Å². The topological polar surface area (TPSA) is 62.2 Å². The van der Waals surface area contributed by atoms with Gasteiger partial charge in [0.2, 0.25) is 0 Å². The third kappa shape index (κ3) is 2.13. The van der Waals surface area contributed by atoms with Gasteiger partial charge in [0.05, 0.1) is 11.6 Å². The molecule has 116 valence electrons. The summed E-state index contributed by atoms with van der Waals surface area (Å²) in [6.07, 6.45) is 9.15. The Kier molecular flexibility index (Phi) is 3.18. The number of anilines is 1. The zero-order valence-corrected chi connectivity index (χ0v) is 12.9. The number of allylic oxidation sites excluding steroid dienone is 2. The molecule has 1 aliphatic heterocycles. The van der Waals surface area contributed by atoms with Gasteiger partial charge in [-0.15, -0.1) is 0 Å². The minimum atomic E-state index is -0.878. The Hall–Kier alpha value is -2.62. The Bertz CT molecular complexity index is 799. The highest BCUT2D eigenvalue weighted by atomic mass is 16.4. The predicted octanol–water partition coefficient (Wildman–Crippen LogP) is 3.91. The molecular formula is C19H18N2O2. The number of aromatic carboxylic acids is 1. The molecule has 0 amide bonds. The lowest BCUT2D eigenvalue weighted by Gasteiger charge is -2.38. The van der Waals surface area contributed by atoms with Crippen molar-refractivity contribution in [2.75, 3.05) is 5.32 Å². The highest BCUT2D eigenvalue weighted by Crippen LogP contribution is 2.50. The third-order valence-electron chi connectivity index (χ3n) is 5.09. The summed E-state index contributed by atoms with van der Waals surface area (Å²) in [5.41, 5.74) is 4.55. The molecule has 0 radical (unpaired) electrons. The molecule has 0 spiro atoms. The van der Waals surface area contributed by atoms with Gasteiger partial charge < -0.3 is 10.4 Å². The van der Waals surface area contributed by atoms with E-state index < -0.39 is 5.97 Å². The van der Waals surface area contributed by atoms with Crippen LogP contribution in [0.3, 0.4) is 0 Å². The van der Waals surface area contributed by atoms with E-state index in [1.54, 1.807) is 6.07 Å². The maximum Gasteiger partial charge on any atom is 0.336 e. The molecule has 4 rings (SSSR count). The van der Waals surface area contributed by atoms with Gasteiger partial charge >= 0.3 is 5.97 Å². The van der Waals surface area contributed by atoms with Gasteiger partial charge in [-0.2, -0.15) is 0 Å². The zero-order chi connectivity index (χ0) is 16.0. The fraction of sp³-hybridized carbons (Fsp3) is 0.263. The number of benzene rings is 1. The van der Waals surface area contributed by atoms with Crippen molar-refractivity contribution < 1.29 is 9.90 Å². The molecule has 1 aliphatic carbocycles. The summed E-state index contributed by atoms with van der Waals surface area (Å²) < 4.78 is 0. The predicted molar refractivity (Wildman–Crippen MR) is 88.7 cm³/mol. The molecule has 0 saturated carbocycles. The number of carbonyl (C=O) groups is 1. The second-order valence-corrected chi connectivity index (χ2v) is 6.26. The van der Waals surface area contributed by atoms with E-state index in [9.17, 15) is 9.90 Å². The first-order chi connectivity index (χ1) is 11.2. The molecule has 3 atom stereocenters. The van der Waals surface area contributed by atoms with Crippen LogP contribution < -0.4 is 5.32 Å². The van der Waals surface area contributed by atoms with Crippen molar-refractivity contribution in [3.63, 3.8) is 0 Å². The molecule has 23 heavy (non-hydrogen) atoms. The number of hydrogen-bond acceptors (Lipinski definition) is 3. The van der Waals surface area contributed by atoms with Gasteiger partial charge in [0.25, 0.3) is 0 Å². The number of hydrogen-bond donors (Lipinski definition) is 2. The minimum absolute atomic E-state index is 0.174. The number of nitrogens with zero attached hydrogens (tertiary/aromatic N) is 1. The van der Waals surface area contributed by atoms with Gasteiger partial charge in [-0.05, 0) is 54.2 Å². The van der Waals surface area contributed by atoms with Crippen molar-refractivity contribution >= 4 is 11.7 Å². The molecule has 0 unspecified atom stereocenters. The van der Waals surface area contributed by atoms with Crippen LogP contribution in [0.25, 0.3) is 0 Å². The summed E-state index contributed by atoms with van der Waals surface area (Å²) in [5, 5.41) is 13.0. The van der Waals surface area contributed by atoms with E-state index in [2.05, 4.69) is 22.5 Å². The van der Waals surface area contributed by atoms with Crippen LogP contribution >= 0.6 is 0 Å². The van der Waals surface area contributed by atoms with Crippen LogP contribution in [0.2, 0.25) is 0 Å². The molecule has 4 heteroatoms. The van der Waals surface area contributed by atoms with E-state index in [1.165, 1.54) is 11.1 Å². The Labute approximate surface area is 134 Å². The summed E-state index contributed by atoms with van der Waals surface area (Å²) in [6, 6.07) is 7.94. The van der Waals surface area contributed by atoms with Crippen LogP contribution in [0.1, 0.15) is 45.4 Å². The first-order valence-electron chi connectivity index (χ1n) is 7.86. The number of aromatic nitrogens is 1. The van der Waals surface area contributed by atoms with Crippen LogP contribution in [-0.2, 0) is 0 Å². The van der Waals surface area contributed by atoms with Crippen molar-refractivity contribution in [3.05, 3.63) is 71.1 Å². The third-order valence-corrected chi connectivity index (χ3v) is 5.09. The van der Waals surface area contributed by atoms with Crippen LogP contribution in [0, 0.1) is 12.8 Å². The second kappa shape index (κ2) is 5.23. The summed E-state index contributed by atoms with van der Waals surface area (Å²) in [4.78, 5) is 15.5. The van der Waals surface area contributed by atoms with Crippen molar-refractivity contribution in [1.29, 1.82) is 0 Å². The van der Waals surface area contributed by atoms with Gasteiger partial charge in [0.1, 0.15) is 0 Å². The highest BCUT2D eigenvalue weighted by molar-refractivity contribution is 5.92. The fourth-order valence-corrected chi connectivity index (χ4v) is 3.95. The smallest absolute Gasteiger partial charge is 0.336 e. The number of carboxylic acids is 1. The summed E-state index contributed by atoms with van der Waals surface area (Å²) in [5.74, 6) is -0.0809. The second-order valence-electron chi connectivity index (χ2n) is 6.26. The fourth-order valence-electron chi connectivity index (χ4n) is 3.95. The summed E-state index contributed by atoms with van der Waals surface area (Å²) in [7, 11) is 0. The average molecular weight is 306 g/mol. The first-order valence-corrected chi connectivity index (χ1v) is 7.86. The van der Waals surface area contributed by atoms with Crippen LogP contribution in [0.5, 0.6) is 0 Å². The lowest BCUT2D eigenvalue weighted by molar-refractivity contribution is 0.0696. The van der Waals surface area contributed by atoms with Gasteiger partial charge in [-0.1, -0.05) is 18.2 Å².